The van der Waals surface area contributed by atoms with E-state index in [4.69, 9.17) is 5.11 Å². The number of carbonyl (C=O) groups is 2. The third-order valence-corrected chi connectivity index (χ3v) is 3.40. The molecule has 0 spiro atoms. The van der Waals surface area contributed by atoms with Gasteiger partial charge in [-0.1, -0.05) is 6.07 Å². The SMILES string of the molecule is CN1CCCN(c2ccc(/C=C/C(=O)O)cc2F)CC1=O. The summed E-state index contributed by atoms with van der Waals surface area (Å²) in [5.74, 6) is -1.58. The van der Waals surface area contributed by atoms with E-state index in [2.05, 4.69) is 0 Å². The number of benzene rings is 1. The largest absolute Gasteiger partial charge is 0.478 e. The summed E-state index contributed by atoms with van der Waals surface area (Å²) < 4.78 is 14.2. The quantitative estimate of drug-likeness (QED) is 0.860. The first-order valence-electron chi connectivity index (χ1n) is 6.67. The van der Waals surface area contributed by atoms with Crippen molar-refractivity contribution < 1.29 is 19.1 Å². The van der Waals surface area contributed by atoms with Gasteiger partial charge in [-0.05, 0) is 30.2 Å². The van der Waals surface area contributed by atoms with Crippen molar-refractivity contribution in [2.45, 2.75) is 6.42 Å². The van der Waals surface area contributed by atoms with Crippen LogP contribution >= 0.6 is 0 Å². The number of nitrogens with zero attached hydrogens (tertiary/aromatic N) is 2. The van der Waals surface area contributed by atoms with Crippen LogP contribution in [0.5, 0.6) is 0 Å². The maximum Gasteiger partial charge on any atom is 0.328 e. The zero-order valence-corrected chi connectivity index (χ0v) is 11.8. The van der Waals surface area contributed by atoms with E-state index in [9.17, 15) is 14.0 Å². The van der Waals surface area contributed by atoms with E-state index in [1.807, 2.05) is 0 Å². The van der Waals surface area contributed by atoms with Gasteiger partial charge in [0.25, 0.3) is 0 Å². The Labute approximate surface area is 122 Å². The number of carbonyl (C=O) groups excluding carboxylic acids is 1. The summed E-state index contributed by atoms with van der Waals surface area (Å²) in [7, 11) is 1.74. The second-order valence-corrected chi connectivity index (χ2v) is 4.97. The number of hydrogen-bond acceptors (Lipinski definition) is 3. The average Bonchev–Trinajstić information content (AvgIpc) is 2.59. The molecule has 1 saturated heterocycles. The summed E-state index contributed by atoms with van der Waals surface area (Å²) >= 11 is 0. The summed E-state index contributed by atoms with van der Waals surface area (Å²) in [6, 6.07) is 4.49. The highest BCUT2D eigenvalue weighted by Crippen LogP contribution is 2.22. The average molecular weight is 292 g/mol. The zero-order valence-electron chi connectivity index (χ0n) is 11.8. The molecule has 5 nitrogen and oxygen atoms in total. The molecule has 1 aromatic carbocycles. The van der Waals surface area contributed by atoms with Crippen LogP contribution in [0.1, 0.15) is 12.0 Å². The standard InChI is InChI=1S/C15H17FN2O3/c1-17-7-2-8-18(10-14(17)19)13-5-3-11(9-12(13)16)4-6-15(20)21/h3-6,9H,2,7-8,10H2,1H3,(H,20,21)/b6-4+. The Hall–Kier alpha value is -2.37. The van der Waals surface area contributed by atoms with Crippen molar-refractivity contribution in [3.8, 4) is 0 Å². The summed E-state index contributed by atoms with van der Waals surface area (Å²) in [6.45, 7) is 1.42. The zero-order chi connectivity index (χ0) is 15.4. The number of hydrogen-bond donors (Lipinski definition) is 1. The normalized spacial score (nSPS) is 16.4. The molecule has 1 fully saturated rings. The molecule has 0 aliphatic carbocycles. The van der Waals surface area contributed by atoms with Crippen LogP contribution in [0.15, 0.2) is 24.3 Å². The number of carboxylic acid groups (broad SMARTS) is 1. The van der Waals surface area contributed by atoms with Crippen LogP contribution in [0.4, 0.5) is 10.1 Å². The van der Waals surface area contributed by atoms with Gasteiger partial charge < -0.3 is 14.9 Å². The van der Waals surface area contributed by atoms with Crippen LogP contribution < -0.4 is 4.90 Å². The van der Waals surface area contributed by atoms with E-state index in [0.29, 0.717) is 24.3 Å². The van der Waals surface area contributed by atoms with Crippen molar-refractivity contribution in [1.82, 2.24) is 4.90 Å². The fourth-order valence-electron chi connectivity index (χ4n) is 2.24. The predicted molar refractivity (Wildman–Crippen MR) is 77.5 cm³/mol. The second kappa shape index (κ2) is 6.39. The highest BCUT2D eigenvalue weighted by molar-refractivity contribution is 5.85. The van der Waals surface area contributed by atoms with E-state index >= 15 is 0 Å². The lowest BCUT2D eigenvalue weighted by atomic mass is 10.1. The van der Waals surface area contributed by atoms with E-state index in [0.717, 1.165) is 12.5 Å². The summed E-state index contributed by atoms with van der Waals surface area (Å²) in [5, 5.41) is 8.56. The summed E-state index contributed by atoms with van der Waals surface area (Å²) in [6.07, 6.45) is 3.07. The molecule has 1 N–H and O–H groups in total. The monoisotopic (exact) mass is 292 g/mol. The Morgan fingerprint density at radius 1 is 1.38 bits per heavy atom. The topological polar surface area (TPSA) is 60.9 Å². The molecule has 0 aromatic heterocycles. The lowest BCUT2D eigenvalue weighted by Gasteiger charge is -2.22. The molecular formula is C15H17FN2O3. The third kappa shape index (κ3) is 3.81. The molecule has 0 radical (unpaired) electrons. The van der Waals surface area contributed by atoms with Gasteiger partial charge in [-0.15, -0.1) is 0 Å². The van der Waals surface area contributed by atoms with E-state index < -0.39 is 11.8 Å². The van der Waals surface area contributed by atoms with Crippen molar-refractivity contribution in [3.63, 3.8) is 0 Å². The Morgan fingerprint density at radius 3 is 2.81 bits per heavy atom. The van der Waals surface area contributed by atoms with Gasteiger partial charge >= 0.3 is 5.97 Å². The molecule has 1 heterocycles. The number of halogens is 1. The van der Waals surface area contributed by atoms with Gasteiger partial charge in [0.05, 0.1) is 12.2 Å². The van der Waals surface area contributed by atoms with Crippen molar-refractivity contribution in [1.29, 1.82) is 0 Å². The summed E-state index contributed by atoms with van der Waals surface area (Å²) in [5.41, 5.74) is 0.836. The Balaban J connectivity index is 2.20. The molecule has 1 amide bonds. The molecule has 0 saturated carbocycles. The summed E-state index contributed by atoms with van der Waals surface area (Å²) in [4.78, 5) is 25.6. The first kappa shape index (κ1) is 15.0. The van der Waals surface area contributed by atoms with Crippen LogP contribution in [0, 0.1) is 5.82 Å². The minimum atomic E-state index is -1.08. The molecular weight excluding hydrogens is 275 g/mol. The van der Waals surface area contributed by atoms with Crippen LogP contribution in [-0.2, 0) is 9.59 Å². The lowest BCUT2D eigenvalue weighted by Crippen LogP contribution is -2.34. The van der Waals surface area contributed by atoms with Gasteiger partial charge in [-0.2, -0.15) is 0 Å². The third-order valence-electron chi connectivity index (χ3n) is 3.40. The molecule has 1 aromatic rings. The molecule has 0 unspecified atom stereocenters. The van der Waals surface area contributed by atoms with Crippen molar-refractivity contribution >= 4 is 23.6 Å². The highest BCUT2D eigenvalue weighted by atomic mass is 19.1. The fraction of sp³-hybridized carbons (Fsp3) is 0.333. The van der Waals surface area contributed by atoms with Crippen LogP contribution in [0.3, 0.4) is 0 Å². The van der Waals surface area contributed by atoms with Gasteiger partial charge in [-0.25, -0.2) is 9.18 Å². The molecule has 0 atom stereocenters. The van der Waals surface area contributed by atoms with Gasteiger partial charge in [0.1, 0.15) is 5.82 Å². The number of aliphatic carboxylic acids is 1. The minimum absolute atomic E-state index is 0.0400. The predicted octanol–water partition coefficient (Wildman–Crippen LogP) is 1.59. The molecule has 0 bridgehead atoms. The number of rotatable bonds is 3. The number of anilines is 1. The van der Waals surface area contributed by atoms with Crippen molar-refractivity contribution in [2.75, 3.05) is 31.6 Å². The molecule has 6 heteroatoms. The minimum Gasteiger partial charge on any atom is -0.478 e. The van der Waals surface area contributed by atoms with Gasteiger partial charge in [0.15, 0.2) is 0 Å². The molecule has 1 aliphatic heterocycles. The highest BCUT2D eigenvalue weighted by Gasteiger charge is 2.21. The van der Waals surface area contributed by atoms with Crippen LogP contribution in [0.2, 0.25) is 0 Å². The number of carboxylic acids is 1. The Kier molecular flexibility index (Phi) is 4.57. The molecule has 1 aliphatic rings. The number of likely N-dealkylation sites (N-methyl/N-ethyl adjacent to an activating group) is 1. The smallest absolute Gasteiger partial charge is 0.328 e. The molecule has 21 heavy (non-hydrogen) atoms. The first-order chi connectivity index (χ1) is 9.97. The van der Waals surface area contributed by atoms with Crippen molar-refractivity contribution in [3.05, 3.63) is 35.7 Å². The van der Waals surface area contributed by atoms with E-state index in [1.165, 1.54) is 12.1 Å². The van der Waals surface area contributed by atoms with Crippen molar-refractivity contribution in [2.24, 2.45) is 0 Å². The van der Waals surface area contributed by atoms with E-state index in [1.54, 1.807) is 29.0 Å². The Morgan fingerprint density at radius 2 is 2.14 bits per heavy atom. The van der Waals surface area contributed by atoms with Crippen LogP contribution in [0.25, 0.3) is 6.08 Å². The Bertz CT molecular complexity index is 586. The number of amides is 1. The molecule has 112 valence electrons. The van der Waals surface area contributed by atoms with Crippen LogP contribution in [-0.4, -0.2) is 48.6 Å². The maximum atomic E-state index is 14.2. The first-order valence-corrected chi connectivity index (χ1v) is 6.67. The lowest BCUT2D eigenvalue weighted by molar-refractivity contribution is -0.131. The molecule has 2 rings (SSSR count). The second-order valence-electron chi connectivity index (χ2n) is 4.97. The maximum absolute atomic E-state index is 14.2. The van der Waals surface area contributed by atoms with Gasteiger partial charge in [0, 0.05) is 26.2 Å². The van der Waals surface area contributed by atoms with Gasteiger partial charge in [-0.3, -0.25) is 4.79 Å². The fourth-order valence-corrected chi connectivity index (χ4v) is 2.24. The van der Waals surface area contributed by atoms with Gasteiger partial charge in [0.2, 0.25) is 5.91 Å². The van der Waals surface area contributed by atoms with E-state index in [-0.39, 0.29) is 12.5 Å².